The molecule has 3 rings (SSSR count). The summed E-state index contributed by atoms with van der Waals surface area (Å²) in [5, 5.41) is 3.08. The highest BCUT2D eigenvalue weighted by Crippen LogP contribution is 2.26. The van der Waals surface area contributed by atoms with Crippen LogP contribution in [-0.2, 0) is 4.79 Å². The highest BCUT2D eigenvalue weighted by Gasteiger charge is 2.25. The third kappa shape index (κ3) is 4.16. The van der Waals surface area contributed by atoms with Gasteiger partial charge in [-0.25, -0.2) is 0 Å². The summed E-state index contributed by atoms with van der Waals surface area (Å²) in [5.74, 6) is 1.45. The lowest BCUT2D eigenvalue weighted by Crippen LogP contribution is -2.49. The van der Waals surface area contributed by atoms with Gasteiger partial charge in [-0.2, -0.15) is 0 Å². The van der Waals surface area contributed by atoms with Gasteiger partial charge in [0.15, 0.2) is 0 Å². The lowest BCUT2D eigenvalue weighted by atomic mass is 9.85. The molecule has 126 valence electrons. The van der Waals surface area contributed by atoms with Gasteiger partial charge in [0.05, 0.1) is 7.11 Å². The topological polar surface area (TPSA) is 44.8 Å². The van der Waals surface area contributed by atoms with Crippen molar-refractivity contribution >= 4 is 11.6 Å². The molecular weight excluding hydrogens is 290 g/mol. The van der Waals surface area contributed by atoms with Crippen LogP contribution in [0.2, 0.25) is 0 Å². The van der Waals surface area contributed by atoms with Crippen molar-refractivity contribution in [2.75, 3.05) is 51.3 Å². The van der Waals surface area contributed by atoms with E-state index >= 15 is 0 Å². The maximum Gasteiger partial charge on any atom is 0.223 e. The second-order valence-corrected chi connectivity index (χ2v) is 6.45. The second-order valence-electron chi connectivity index (χ2n) is 6.45. The van der Waals surface area contributed by atoms with Crippen molar-refractivity contribution < 1.29 is 9.53 Å². The van der Waals surface area contributed by atoms with E-state index in [1.54, 1.807) is 7.11 Å². The van der Waals surface area contributed by atoms with E-state index in [4.69, 9.17) is 4.74 Å². The van der Waals surface area contributed by atoms with Gasteiger partial charge in [-0.3, -0.25) is 9.69 Å². The Morgan fingerprint density at radius 2 is 1.87 bits per heavy atom. The van der Waals surface area contributed by atoms with Gasteiger partial charge in [-0.05, 0) is 37.1 Å². The Balaban J connectivity index is 1.37. The van der Waals surface area contributed by atoms with E-state index in [1.165, 1.54) is 12.1 Å². The summed E-state index contributed by atoms with van der Waals surface area (Å²) in [6.45, 7) is 5.88. The molecule has 23 heavy (non-hydrogen) atoms. The average Bonchev–Trinajstić information content (AvgIpc) is 2.54. The number of piperazine rings is 1. The molecule has 2 aliphatic rings. The lowest BCUT2D eigenvalue weighted by Gasteiger charge is -2.36. The number of ether oxygens (including phenoxy) is 1. The molecule has 0 unspecified atom stereocenters. The van der Waals surface area contributed by atoms with Crippen molar-refractivity contribution in [3.63, 3.8) is 0 Å². The van der Waals surface area contributed by atoms with E-state index < -0.39 is 0 Å². The van der Waals surface area contributed by atoms with Crippen molar-refractivity contribution in [3.05, 3.63) is 24.3 Å². The number of benzene rings is 1. The molecule has 0 atom stereocenters. The number of rotatable bonds is 6. The first-order valence-electron chi connectivity index (χ1n) is 8.65. The number of carbonyl (C=O) groups excluding carboxylic acids is 1. The molecule has 1 saturated carbocycles. The van der Waals surface area contributed by atoms with Crippen LogP contribution in [0.15, 0.2) is 24.3 Å². The Kier molecular flexibility index (Phi) is 5.39. The highest BCUT2D eigenvalue weighted by atomic mass is 16.5. The van der Waals surface area contributed by atoms with Crippen molar-refractivity contribution in [3.8, 4) is 5.75 Å². The van der Waals surface area contributed by atoms with Gasteiger partial charge in [0.25, 0.3) is 0 Å². The molecule has 0 spiro atoms. The minimum atomic E-state index is 0.258. The van der Waals surface area contributed by atoms with E-state index in [1.807, 2.05) is 12.1 Å². The molecule has 1 aromatic carbocycles. The third-order valence-electron chi connectivity index (χ3n) is 5.01. The van der Waals surface area contributed by atoms with Crippen LogP contribution >= 0.6 is 0 Å². The normalized spacial score (nSPS) is 19.3. The van der Waals surface area contributed by atoms with Crippen LogP contribution in [0.3, 0.4) is 0 Å². The number of carbonyl (C=O) groups is 1. The molecule has 1 aliphatic carbocycles. The molecule has 2 fully saturated rings. The van der Waals surface area contributed by atoms with Crippen LogP contribution in [0.5, 0.6) is 5.75 Å². The molecule has 1 aromatic rings. The van der Waals surface area contributed by atoms with Crippen LogP contribution in [0.4, 0.5) is 5.69 Å². The Hall–Kier alpha value is -1.75. The van der Waals surface area contributed by atoms with Gasteiger partial charge < -0.3 is 15.0 Å². The monoisotopic (exact) mass is 317 g/mol. The Labute approximate surface area is 138 Å². The zero-order valence-electron chi connectivity index (χ0n) is 14.0. The number of nitrogens with zero attached hydrogens (tertiary/aromatic N) is 2. The zero-order chi connectivity index (χ0) is 16.1. The summed E-state index contributed by atoms with van der Waals surface area (Å²) >= 11 is 0. The lowest BCUT2D eigenvalue weighted by molar-refractivity contribution is -0.127. The molecule has 1 heterocycles. The smallest absolute Gasteiger partial charge is 0.223 e. The first-order valence-corrected chi connectivity index (χ1v) is 8.65. The molecule has 5 nitrogen and oxygen atoms in total. The largest absolute Gasteiger partial charge is 0.497 e. The maximum absolute atomic E-state index is 11.8. The van der Waals surface area contributed by atoms with Gasteiger partial charge in [0.1, 0.15) is 5.75 Å². The molecule has 1 aliphatic heterocycles. The van der Waals surface area contributed by atoms with Crippen molar-refractivity contribution in [2.24, 2.45) is 5.92 Å². The van der Waals surface area contributed by atoms with Crippen molar-refractivity contribution in [1.29, 1.82) is 0 Å². The summed E-state index contributed by atoms with van der Waals surface area (Å²) in [5.41, 5.74) is 1.25. The van der Waals surface area contributed by atoms with E-state index in [9.17, 15) is 4.79 Å². The van der Waals surface area contributed by atoms with Crippen LogP contribution in [0.25, 0.3) is 0 Å². The van der Waals surface area contributed by atoms with Gasteiger partial charge in [-0.15, -0.1) is 0 Å². The minimum absolute atomic E-state index is 0.258. The first kappa shape index (κ1) is 16.1. The predicted octanol–water partition coefficient (Wildman–Crippen LogP) is 1.73. The van der Waals surface area contributed by atoms with Gasteiger partial charge in [0.2, 0.25) is 5.91 Å². The molecule has 0 aromatic heterocycles. The molecule has 0 radical (unpaired) electrons. The van der Waals surface area contributed by atoms with Gasteiger partial charge >= 0.3 is 0 Å². The zero-order valence-corrected chi connectivity index (χ0v) is 14.0. The van der Waals surface area contributed by atoms with Crippen molar-refractivity contribution in [2.45, 2.75) is 19.3 Å². The number of hydrogen-bond acceptors (Lipinski definition) is 4. The summed E-state index contributed by atoms with van der Waals surface area (Å²) in [6.07, 6.45) is 3.37. The fourth-order valence-corrected chi connectivity index (χ4v) is 3.17. The SMILES string of the molecule is COc1ccc(N2CCN(CCNC(=O)C3CCC3)CC2)cc1. The summed E-state index contributed by atoms with van der Waals surface area (Å²) in [4.78, 5) is 16.6. The molecule has 1 amide bonds. The first-order chi connectivity index (χ1) is 11.3. The summed E-state index contributed by atoms with van der Waals surface area (Å²) in [7, 11) is 1.69. The number of nitrogens with one attached hydrogen (secondary N) is 1. The van der Waals surface area contributed by atoms with Crippen LogP contribution in [0, 0.1) is 5.92 Å². The maximum atomic E-state index is 11.8. The molecule has 1 saturated heterocycles. The number of anilines is 1. The predicted molar refractivity (Wildman–Crippen MR) is 92.0 cm³/mol. The Morgan fingerprint density at radius 1 is 1.17 bits per heavy atom. The van der Waals surface area contributed by atoms with Crippen LogP contribution < -0.4 is 15.0 Å². The summed E-state index contributed by atoms with van der Waals surface area (Å²) < 4.78 is 5.20. The van der Waals surface area contributed by atoms with E-state index in [0.29, 0.717) is 5.92 Å². The van der Waals surface area contributed by atoms with Gasteiger partial charge in [0, 0.05) is 50.9 Å². The quantitative estimate of drug-likeness (QED) is 0.868. The third-order valence-corrected chi connectivity index (χ3v) is 5.01. The Bertz CT molecular complexity index is 506. The standard InChI is InChI=1S/C18H27N3O2/c1-23-17-7-5-16(6-8-17)21-13-11-20(12-14-21)10-9-19-18(22)15-3-2-4-15/h5-8,15H,2-4,9-14H2,1H3,(H,19,22). The van der Waals surface area contributed by atoms with Crippen LogP contribution in [0.1, 0.15) is 19.3 Å². The van der Waals surface area contributed by atoms with E-state index in [-0.39, 0.29) is 5.91 Å². The number of hydrogen-bond donors (Lipinski definition) is 1. The fourth-order valence-electron chi connectivity index (χ4n) is 3.17. The summed E-state index contributed by atoms with van der Waals surface area (Å²) in [6, 6.07) is 8.26. The molecule has 0 bridgehead atoms. The number of methoxy groups -OCH3 is 1. The van der Waals surface area contributed by atoms with Crippen molar-refractivity contribution in [1.82, 2.24) is 10.2 Å². The van der Waals surface area contributed by atoms with E-state index in [0.717, 1.165) is 57.9 Å². The second kappa shape index (κ2) is 7.68. The molecular formula is C18H27N3O2. The number of amides is 1. The average molecular weight is 317 g/mol. The molecule has 5 heteroatoms. The van der Waals surface area contributed by atoms with E-state index in [2.05, 4.69) is 27.2 Å². The minimum Gasteiger partial charge on any atom is -0.497 e. The fraction of sp³-hybridized carbons (Fsp3) is 0.611. The van der Waals surface area contributed by atoms with Gasteiger partial charge in [-0.1, -0.05) is 6.42 Å². The molecule has 1 N–H and O–H groups in total. The highest BCUT2D eigenvalue weighted by molar-refractivity contribution is 5.79. The van der Waals surface area contributed by atoms with Crippen LogP contribution in [-0.4, -0.2) is 57.2 Å². The Morgan fingerprint density at radius 3 is 2.43 bits per heavy atom.